The van der Waals surface area contributed by atoms with Gasteiger partial charge in [0.05, 0.1) is 11.8 Å². The molecule has 86 valence electrons. The summed E-state index contributed by atoms with van der Waals surface area (Å²) in [6, 6.07) is 9.34. The van der Waals surface area contributed by atoms with Crippen LogP contribution in [0, 0.1) is 5.41 Å². The summed E-state index contributed by atoms with van der Waals surface area (Å²) in [5.74, 6) is -0.985. The molecule has 0 amide bonds. The fourth-order valence-corrected chi connectivity index (χ4v) is 1.75. The summed E-state index contributed by atoms with van der Waals surface area (Å²) < 4.78 is 0. The first-order valence-electron chi connectivity index (χ1n) is 4.93. The van der Waals surface area contributed by atoms with Crippen molar-refractivity contribution >= 4 is 23.7 Å². The summed E-state index contributed by atoms with van der Waals surface area (Å²) in [7, 11) is 0. The smallest absolute Gasteiger partial charge is 0.304 e. The molecule has 0 bridgehead atoms. The SMILES string of the molecule is CC(CC(=O)O)(Cc1ccccc1)C(=O)S. The highest BCUT2D eigenvalue weighted by Crippen LogP contribution is 2.29. The summed E-state index contributed by atoms with van der Waals surface area (Å²) in [6.07, 6.45) is 0.187. The van der Waals surface area contributed by atoms with Crippen LogP contribution < -0.4 is 0 Å². The molecule has 1 aromatic rings. The van der Waals surface area contributed by atoms with E-state index in [1.165, 1.54) is 0 Å². The van der Waals surface area contributed by atoms with Crippen LogP contribution in [-0.2, 0) is 16.0 Å². The Morgan fingerprint density at radius 2 is 1.88 bits per heavy atom. The first-order valence-corrected chi connectivity index (χ1v) is 5.38. The van der Waals surface area contributed by atoms with Gasteiger partial charge in [0.1, 0.15) is 0 Å². The van der Waals surface area contributed by atoms with Crippen molar-refractivity contribution in [2.24, 2.45) is 5.41 Å². The fraction of sp³-hybridized carbons (Fsp3) is 0.333. The molecule has 0 aliphatic heterocycles. The number of carbonyl (C=O) groups is 2. The molecule has 1 unspecified atom stereocenters. The van der Waals surface area contributed by atoms with E-state index in [0.29, 0.717) is 6.42 Å². The van der Waals surface area contributed by atoms with E-state index in [1.54, 1.807) is 6.92 Å². The van der Waals surface area contributed by atoms with Gasteiger partial charge in [-0.2, -0.15) is 0 Å². The Morgan fingerprint density at radius 1 is 1.31 bits per heavy atom. The molecule has 1 N–H and O–H groups in total. The van der Waals surface area contributed by atoms with E-state index in [0.717, 1.165) is 5.56 Å². The summed E-state index contributed by atoms with van der Waals surface area (Å²) in [6.45, 7) is 1.63. The van der Waals surface area contributed by atoms with Gasteiger partial charge in [-0.3, -0.25) is 9.59 Å². The fourth-order valence-electron chi connectivity index (χ4n) is 1.59. The molecule has 0 saturated carbocycles. The molecule has 0 saturated heterocycles. The monoisotopic (exact) mass is 238 g/mol. The number of carboxylic acid groups (broad SMARTS) is 1. The van der Waals surface area contributed by atoms with Crippen molar-refractivity contribution < 1.29 is 14.7 Å². The minimum Gasteiger partial charge on any atom is -0.481 e. The zero-order valence-corrected chi connectivity index (χ0v) is 9.91. The lowest BCUT2D eigenvalue weighted by atomic mass is 9.82. The van der Waals surface area contributed by atoms with Gasteiger partial charge >= 0.3 is 5.97 Å². The molecule has 1 rings (SSSR count). The molecule has 0 radical (unpaired) electrons. The normalized spacial score (nSPS) is 14.1. The van der Waals surface area contributed by atoms with Crippen molar-refractivity contribution in [1.29, 1.82) is 0 Å². The van der Waals surface area contributed by atoms with Gasteiger partial charge < -0.3 is 5.11 Å². The Balaban J connectivity index is 2.87. The highest BCUT2D eigenvalue weighted by Gasteiger charge is 2.33. The van der Waals surface area contributed by atoms with E-state index >= 15 is 0 Å². The standard InChI is InChI=1S/C12H14O3S/c1-12(11(15)16,8-10(13)14)7-9-5-3-2-4-6-9/h2-6H,7-8H2,1H3,(H,13,14)(H,15,16). The Bertz CT molecular complexity index is 389. The summed E-state index contributed by atoms with van der Waals surface area (Å²) in [5.41, 5.74) is -0.00955. The zero-order chi connectivity index (χ0) is 12.2. The second kappa shape index (κ2) is 5.16. The minimum atomic E-state index is -0.985. The number of carboxylic acids is 1. The molecular weight excluding hydrogens is 224 g/mol. The van der Waals surface area contributed by atoms with E-state index in [4.69, 9.17) is 5.11 Å². The molecule has 1 atom stereocenters. The van der Waals surface area contributed by atoms with E-state index < -0.39 is 16.5 Å². The summed E-state index contributed by atoms with van der Waals surface area (Å²) in [4.78, 5) is 22.1. The molecule has 0 heterocycles. The Labute approximate surface area is 99.9 Å². The van der Waals surface area contributed by atoms with Gasteiger partial charge in [0.15, 0.2) is 5.12 Å². The number of hydrogen-bond acceptors (Lipinski definition) is 2. The number of hydrogen-bond donors (Lipinski definition) is 2. The maximum Gasteiger partial charge on any atom is 0.304 e. The lowest BCUT2D eigenvalue weighted by molar-refractivity contribution is -0.141. The Hall–Kier alpha value is -1.29. The molecule has 4 heteroatoms. The number of rotatable bonds is 5. The van der Waals surface area contributed by atoms with Crippen LogP contribution in [0.4, 0.5) is 0 Å². The van der Waals surface area contributed by atoms with Gasteiger partial charge in [0.25, 0.3) is 0 Å². The molecule has 0 aliphatic rings. The van der Waals surface area contributed by atoms with Gasteiger partial charge in [0.2, 0.25) is 0 Å². The number of thiol groups is 1. The quantitative estimate of drug-likeness (QED) is 0.773. The first-order chi connectivity index (χ1) is 7.44. The summed E-state index contributed by atoms with van der Waals surface area (Å²) in [5, 5.41) is 8.40. The van der Waals surface area contributed by atoms with Crippen molar-refractivity contribution in [3.63, 3.8) is 0 Å². The molecule has 1 aromatic carbocycles. The van der Waals surface area contributed by atoms with E-state index in [-0.39, 0.29) is 6.42 Å². The molecule has 0 spiro atoms. The van der Waals surface area contributed by atoms with E-state index in [2.05, 4.69) is 12.6 Å². The van der Waals surface area contributed by atoms with Gasteiger partial charge in [-0.1, -0.05) is 37.3 Å². The third-order valence-corrected chi connectivity index (χ3v) is 3.03. The van der Waals surface area contributed by atoms with Gasteiger partial charge in [-0.25, -0.2) is 0 Å². The maximum absolute atomic E-state index is 11.4. The maximum atomic E-state index is 11.4. The molecule has 0 aromatic heterocycles. The number of aliphatic carboxylic acids is 1. The van der Waals surface area contributed by atoms with Crippen molar-refractivity contribution in [2.45, 2.75) is 19.8 Å². The van der Waals surface area contributed by atoms with Crippen molar-refractivity contribution in [3.8, 4) is 0 Å². The van der Waals surface area contributed by atoms with Crippen LogP contribution in [0.2, 0.25) is 0 Å². The number of carbonyl (C=O) groups excluding carboxylic acids is 1. The highest BCUT2D eigenvalue weighted by molar-refractivity contribution is 7.96. The Morgan fingerprint density at radius 3 is 2.31 bits per heavy atom. The van der Waals surface area contributed by atoms with Crippen LogP contribution >= 0.6 is 12.6 Å². The van der Waals surface area contributed by atoms with E-state index in [9.17, 15) is 9.59 Å². The lowest BCUT2D eigenvalue weighted by Crippen LogP contribution is -2.29. The van der Waals surface area contributed by atoms with Crippen molar-refractivity contribution in [1.82, 2.24) is 0 Å². The van der Waals surface area contributed by atoms with Gasteiger partial charge in [-0.15, -0.1) is 12.6 Å². The van der Waals surface area contributed by atoms with Crippen LogP contribution in [0.25, 0.3) is 0 Å². The molecule has 0 fully saturated rings. The Kier molecular flexibility index (Phi) is 4.12. The van der Waals surface area contributed by atoms with Crippen molar-refractivity contribution in [3.05, 3.63) is 35.9 Å². The topological polar surface area (TPSA) is 54.4 Å². The third-order valence-electron chi connectivity index (χ3n) is 2.49. The van der Waals surface area contributed by atoms with Crippen LogP contribution in [0.5, 0.6) is 0 Å². The van der Waals surface area contributed by atoms with Crippen LogP contribution in [0.1, 0.15) is 18.9 Å². The van der Waals surface area contributed by atoms with Crippen molar-refractivity contribution in [2.75, 3.05) is 0 Å². The van der Waals surface area contributed by atoms with Gasteiger partial charge in [-0.05, 0) is 12.0 Å². The first kappa shape index (κ1) is 12.8. The van der Waals surface area contributed by atoms with E-state index in [1.807, 2.05) is 30.3 Å². The largest absolute Gasteiger partial charge is 0.481 e. The molecule has 3 nitrogen and oxygen atoms in total. The predicted molar refractivity (Wildman–Crippen MR) is 64.5 cm³/mol. The zero-order valence-electron chi connectivity index (χ0n) is 9.01. The average molecular weight is 238 g/mol. The molecule has 0 aliphatic carbocycles. The summed E-state index contributed by atoms with van der Waals surface area (Å²) >= 11 is 3.78. The predicted octanol–water partition coefficient (Wildman–Crippen LogP) is 2.17. The average Bonchev–Trinajstić information content (AvgIpc) is 2.17. The van der Waals surface area contributed by atoms with Crippen LogP contribution in [0.3, 0.4) is 0 Å². The second-order valence-corrected chi connectivity index (χ2v) is 4.50. The second-order valence-electron chi connectivity index (χ2n) is 4.10. The third kappa shape index (κ3) is 3.38. The lowest BCUT2D eigenvalue weighted by Gasteiger charge is -2.23. The molecular formula is C12H14O3S. The minimum absolute atomic E-state index is 0.204. The highest BCUT2D eigenvalue weighted by atomic mass is 32.1. The van der Waals surface area contributed by atoms with Crippen LogP contribution in [0.15, 0.2) is 30.3 Å². The number of benzene rings is 1. The van der Waals surface area contributed by atoms with Crippen LogP contribution in [-0.4, -0.2) is 16.2 Å². The molecule has 16 heavy (non-hydrogen) atoms. The van der Waals surface area contributed by atoms with Gasteiger partial charge in [0, 0.05) is 0 Å².